The van der Waals surface area contributed by atoms with Crippen LogP contribution in [0.5, 0.6) is 0 Å². The summed E-state index contributed by atoms with van der Waals surface area (Å²) in [6.07, 6.45) is -3.34. The van der Waals surface area contributed by atoms with Gasteiger partial charge in [0.15, 0.2) is 0 Å². The number of aliphatic carboxylic acids is 1. The second kappa shape index (κ2) is 5.82. The highest BCUT2D eigenvalue weighted by atomic mass is 19.4. The zero-order valence-corrected chi connectivity index (χ0v) is 11.6. The Labute approximate surface area is 123 Å². The fraction of sp³-hybridized carbons (Fsp3) is 0.462. The first kappa shape index (κ1) is 16.1. The van der Waals surface area contributed by atoms with E-state index in [1.54, 1.807) is 0 Å². The van der Waals surface area contributed by atoms with Gasteiger partial charge in [0.25, 0.3) is 5.91 Å². The molecule has 1 saturated heterocycles. The third-order valence-corrected chi connectivity index (χ3v) is 3.62. The highest BCUT2D eigenvalue weighted by molar-refractivity contribution is 5.93. The van der Waals surface area contributed by atoms with Crippen molar-refractivity contribution in [1.29, 1.82) is 0 Å². The number of carboxylic acids is 1. The smallest absolute Gasteiger partial charge is 0.394 e. The number of aromatic nitrogens is 1. The quantitative estimate of drug-likeness (QED) is 0.873. The fourth-order valence-electron chi connectivity index (χ4n) is 2.42. The van der Waals surface area contributed by atoms with Crippen LogP contribution in [0, 0.1) is 11.8 Å². The van der Waals surface area contributed by atoms with E-state index in [0.29, 0.717) is 0 Å². The molecule has 0 spiro atoms. The van der Waals surface area contributed by atoms with E-state index in [9.17, 15) is 22.8 Å². The molecular weight excluding hydrogens is 303 g/mol. The summed E-state index contributed by atoms with van der Waals surface area (Å²) in [6, 6.07) is 2.83. The number of hydrogen-bond donors (Lipinski definition) is 2. The van der Waals surface area contributed by atoms with E-state index in [1.807, 2.05) is 0 Å². The molecule has 6 nitrogen and oxygen atoms in total. The molecule has 0 saturated carbocycles. The number of nitrogens with zero attached hydrogens (tertiary/aromatic N) is 2. The molecule has 2 N–H and O–H groups in total. The number of nitrogens with one attached hydrogen (secondary N) is 1. The van der Waals surface area contributed by atoms with Gasteiger partial charge >= 0.3 is 12.1 Å². The van der Waals surface area contributed by atoms with Crippen LogP contribution < -0.4 is 10.2 Å². The highest BCUT2D eigenvalue weighted by Gasteiger charge is 2.52. The predicted octanol–water partition coefficient (Wildman–Crippen LogP) is 1.14. The lowest BCUT2D eigenvalue weighted by Crippen LogP contribution is -2.33. The number of carbonyl (C=O) groups excluding carboxylic acids is 1. The monoisotopic (exact) mass is 317 g/mol. The Morgan fingerprint density at radius 2 is 2.05 bits per heavy atom. The topological polar surface area (TPSA) is 82.5 Å². The first-order valence-corrected chi connectivity index (χ1v) is 6.46. The van der Waals surface area contributed by atoms with Gasteiger partial charge in [0.1, 0.15) is 5.82 Å². The van der Waals surface area contributed by atoms with Gasteiger partial charge in [-0.2, -0.15) is 13.2 Å². The molecule has 0 aliphatic carbocycles. The van der Waals surface area contributed by atoms with Crippen LogP contribution in [0.15, 0.2) is 18.3 Å². The normalized spacial score (nSPS) is 21.7. The largest absolute Gasteiger partial charge is 0.481 e. The number of halogens is 3. The van der Waals surface area contributed by atoms with Crippen LogP contribution in [0.1, 0.15) is 10.4 Å². The molecule has 2 atom stereocenters. The summed E-state index contributed by atoms with van der Waals surface area (Å²) in [5.41, 5.74) is 0.271. The number of rotatable bonds is 3. The third kappa shape index (κ3) is 3.12. The van der Waals surface area contributed by atoms with Gasteiger partial charge in [0, 0.05) is 26.3 Å². The van der Waals surface area contributed by atoms with Gasteiger partial charge in [-0.15, -0.1) is 0 Å². The second-order valence-corrected chi connectivity index (χ2v) is 4.98. The van der Waals surface area contributed by atoms with Gasteiger partial charge in [0.05, 0.1) is 17.4 Å². The van der Waals surface area contributed by atoms with Crippen molar-refractivity contribution in [3.63, 3.8) is 0 Å². The Kier molecular flexibility index (Phi) is 4.25. The number of anilines is 1. The summed E-state index contributed by atoms with van der Waals surface area (Å²) in [7, 11) is 1.45. The predicted molar refractivity (Wildman–Crippen MR) is 70.5 cm³/mol. The Morgan fingerprint density at radius 3 is 2.45 bits per heavy atom. The summed E-state index contributed by atoms with van der Waals surface area (Å²) in [5, 5.41) is 11.4. The maximum Gasteiger partial charge on any atom is 0.394 e. The molecule has 0 unspecified atom stereocenters. The van der Waals surface area contributed by atoms with Crippen LogP contribution in [0.3, 0.4) is 0 Å². The number of hydrogen-bond acceptors (Lipinski definition) is 4. The second-order valence-electron chi connectivity index (χ2n) is 4.98. The zero-order chi connectivity index (χ0) is 16.5. The molecule has 1 aromatic rings. The Bertz CT molecular complexity index is 574. The van der Waals surface area contributed by atoms with Crippen LogP contribution in [0.2, 0.25) is 0 Å². The lowest BCUT2D eigenvalue weighted by molar-refractivity contribution is -0.187. The van der Waals surface area contributed by atoms with E-state index in [-0.39, 0.29) is 23.8 Å². The van der Waals surface area contributed by atoms with Gasteiger partial charge in [-0.3, -0.25) is 9.59 Å². The maximum atomic E-state index is 12.9. The molecule has 0 aromatic carbocycles. The molecule has 0 bridgehead atoms. The van der Waals surface area contributed by atoms with Crippen molar-refractivity contribution < 1.29 is 27.9 Å². The molecule has 1 aliphatic heterocycles. The zero-order valence-electron chi connectivity index (χ0n) is 11.6. The number of alkyl halides is 3. The fourth-order valence-corrected chi connectivity index (χ4v) is 2.42. The van der Waals surface area contributed by atoms with Gasteiger partial charge in [-0.1, -0.05) is 0 Å². The molecular formula is C13H14F3N3O3. The number of carbonyl (C=O) groups is 2. The van der Waals surface area contributed by atoms with Crippen molar-refractivity contribution in [3.8, 4) is 0 Å². The minimum absolute atomic E-state index is 0.214. The Morgan fingerprint density at radius 1 is 1.36 bits per heavy atom. The molecule has 22 heavy (non-hydrogen) atoms. The first-order chi connectivity index (χ1) is 10.2. The molecule has 2 heterocycles. The lowest BCUT2D eigenvalue weighted by atomic mass is 9.96. The van der Waals surface area contributed by atoms with E-state index in [1.165, 1.54) is 30.3 Å². The number of pyridine rings is 1. The molecule has 0 radical (unpaired) electrons. The van der Waals surface area contributed by atoms with Crippen molar-refractivity contribution in [2.24, 2.45) is 11.8 Å². The van der Waals surface area contributed by atoms with Gasteiger partial charge in [0.2, 0.25) is 0 Å². The van der Waals surface area contributed by atoms with E-state index >= 15 is 0 Å². The van der Waals surface area contributed by atoms with E-state index < -0.39 is 30.5 Å². The standard InChI is InChI=1S/C13H14F3N3O3/c1-17-11(20)7-2-3-10(18-4-7)19-5-8(12(21)22)9(6-19)13(14,15)16/h2-4,8-9H,5-6H2,1H3,(H,17,20)(H,21,22)/t8-,9-/m1/s1. The molecule has 1 amide bonds. The molecule has 1 aliphatic rings. The van der Waals surface area contributed by atoms with Gasteiger partial charge < -0.3 is 15.3 Å². The Hall–Kier alpha value is -2.32. The van der Waals surface area contributed by atoms with Crippen LogP contribution in [0.25, 0.3) is 0 Å². The number of amides is 1. The van der Waals surface area contributed by atoms with Crippen LogP contribution in [0.4, 0.5) is 19.0 Å². The van der Waals surface area contributed by atoms with Crippen molar-refractivity contribution in [1.82, 2.24) is 10.3 Å². The lowest BCUT2D eigenvalue weighted by Gasteiger charge is -2.19. The minimum atomic E-state index is -4.58. The van der Waals surface area contributed by atoms with Crippen molar-refractivity contribution >= 4 is 17.7 Å². The van der Waals surface area contributed by atoms with Crippen molar-refractivity contribution in [2.45, 2.75) is 6.18 Å². The van der Waals surface area contributed by atoms with Crippen molar-refractivity contribution in [2.75, 3.05) is 25.0 Å². The minimum Gasteiger partial charge on any atom is -0.481 e. The number of carboxylic acid groups (broad SMARTS) is 1. The molecule has 1 fully saturated rings. The molecule has 1 aromatic heterocycles. The van der Waals surface area contributed by atoms with E-state index in [0.717, 1.165) is 0 Å². The van der Waals surface area contributed by atoms with Gasteiger partial charge in [-0.25, -0.2) is 4.98 Å². The summed E-state index contributed by atoms with van der Waals surface area (Å²) >= 11 is 0. The van der Waals surface area contributed by atoms with Crippen LogP contribution >= 0.6 is 0 Å². The Balaban J connectivity index is 2.20. The summed E-state index contributed by atoms with van der Waals surface area (Å²) in [5.74, 6) is -5.10. The average molecular weight is 317 g/mol. The van der Waals surface area contributed by atoms with Crippen LogP contribution in [-0.4, -0.2) is 48.3 Å². The molecule has 2 rings (SSSR count). The maximum absolute atomic E-state index is 12.9. The summed E-state index contributed by atoms with van der Waals surface area (Å²) < 4.78 is 38.7. The SMILES string of the molecule is CNC(=O)c1ccc(N2C[C@@H](C(F)(F)F)[C@H](C(=O)O)C2)nc1. The van der Waals surface area contributed by atoms with Crippen LogP contribution in [-0.2, 0) is 4.79 Å². The summed E-state index contributed by atoms with van der Waals surface area (Å²) in [4.78, 5) is 27.6. The van der Waals surface area contributed by atoms with E-state index in [2.05, 4.69) is 10.3 Å². The first-order valence-electron chi connectivity index (χ1n) is 6.46. The molecule has 120 valence electrons. The highest BCUT2D eigenvalue weighted by Crippen LogP contribution is 2.38. The average Bonchev–Trinajstić information content (AvgIpc) is 2.92. The van der Waals surface area contributed by atoms with Gasteiger partial charge in [-0.05, 0) is 12.1 Å². The third-order valence-electron chi connectivity index (χ3n) is 3.62. The summed E-state index contributed by atoms with van der Waals surface area (Å²) in [6.45, 7) is -0.737. The van der Waals surface area contributed by atoms with E-state index in [4.69, 9.17) is 5.11 Å². The molecule has 9 heteroatoms. The van der Waals surface area contributed by atoms with Crippen molar-refractivity contribution in [3.05, 3.63) is 23.9 Å².